The third-order valence-corrected chi connectivity index (χ3v) is 7.16. The van der Waals surface area contributed by atoms with Crippen LogP contribution in [0.25, 0.3) is 0 Å². The Labute approximate surface area is 152 Å². The molecule has 1 amide bonds. The number of amides is 1. The van der Waals surface area contributed by atoms with Crippen LogP contribution in [0, 0.1) is 11.8 Å². The lowest BCUT2D eigenvalue weighted by molar-refractivity contribution is -0.116. The van der Waals surface area contributed by atoms with Gasteiger partial charge in [-0.2, -0.15) is 4.31 Å². The summed E-state index contributed by atoms with van der Waals surface area (Å²) in [6, 6.07) is 3.43. The largest absolute Gasteiger partial charge is 0.378 e. The molecule has 1 saturated carbocycles. The van der Waals surface area contributed by atoms with Crippen LogP contribution in [0.15, 0.2) is 35.9 Å². The van der Waals surface area contributed by atoms with Crippen molar-refractivity contribution in [3.63, 3.8) is 0 Å². The van der Waals surface area contributed by atoms with E-state index in [0.29, 0.717) is 26.3 Å². The molecule has 4 rings (SSSR count). The van der Waals surface area contributed by atoms with Crippen LogP contribution in [0.4, 0.5) is 5.82 Å². The van der Waals surface area contributed by atoms with E-state index in [2.05, 4.69) is 21.8 Å². The summed E-state index contributed by atoms with van der Waals surface area (Å²) in [6.07, 6.45) is 2.67. The number of nitrogens with one attached hydrogen (secondary N) is 1. The van der Waals surface area contributed by atoms with Crippen molar-refractivity contribution in [2.24, 2.45) is 11.8 Å². The highest BCUT2D eigenvalue weighted by Crippen LogP contribution is 2.47. The first-order valence-corrected chi connectivity index (χ1v) is 10.2. The summed E-state index contributed by atoms with van der Waals surface area (Å²) < 4.78 is 32.5. The molecule has 0 spiro atoms. The smallest absolute Gasteiger partial charge is 0.244 e. The summed E-state index contributed by atoms with van der Waals surface area (Å²) in [6.45, 7) is 7.12. The fourth-order valence-electron chi connectivity index (χ4n) is 3.77. The molecule has 0 radical (unpaired) electrons. The number of carbonyl (C=O) groups is 1. The van der Waals surface area contributed by atoms with Crippen LogP contribution >= 0.6 is 0 Å². The maximum atomic E-state index is 12.8. The molecule has 1 aromatic heterocycles. The van der Waals surface area contributed by atoms with Crippen LogP contribution in [-0.4, -0.2) is 69.0 Å². The van der Waals surface area contributed by atoms with Gasteiger partial charge < -0.3 is 15.0 Å². The maximum absolute atomic E-state index is 12.8. The summed E-state index contributed by atoms with van der Waals surface area (Å²) in [5.41, 5.74) is 0. The molecule has 1 N–H and O–H groups in total. The predicted molar refractivity (Wildman–Crippen MR) is 95.1 cm³/mol. The van der Waals surface area contributed by atoms with Crippen molar-refractivity contribution in [2.45, 2.75) is 10.9 Å². The van der Waals surface area contributed by atoms with Gasteiger partial charge in [0.05, 0.1) is 13.2 Å². The fourth-order valence-corrected chi connectivity index (χ4v) is 5.24. The molecule has 2 unspecified atom stereocenters. The van der Waals surface area contributed by atoms with Gasteiger partial charge in [0.2, 0.25) is 15.9 Å². The van der Waals surface area contributed by atoms with E-state index in [0.717, 1.165) is 18.9 Å². The number of hydrogen-bond acceptors (Lipinski definition) is 6. The molecule has 2 saturated heterocycles. The molecular formula is C17H22N4O4S. The van der Waals surface area contributed by atoms with Crippen molar-refractivity contribution in [3.05, 3.63) is 31.0 Å². The third kappa shape index (κ3) is 3.10. The number of carbonyl (C=O) groups excluding carboxylic acids is 1. The number of morpholine rings is 1. The fraction of sp³-hybridized carbons (Fsp3) is 0.529. The Morgan fingerprint density at radius 1 is 1.27 bits per heavy atom. The van der Waals surface area contributed by atoms with Gasteiger partial charge in [0.1, 0.15) is 10.7 Å². The Morgan fingerprint density at radius 2 is 1.96 bits per heavy atom. The zero-order valence-corrected chi connectivity index (χ0v) is 15.2. The zero-order chi connectivity index (χ0) is 18.3. The van der Waals surface area contributed by atoms with Crippen molar-refractivity contribution in [3.8, 4) is 0 Å². The normalized spacial score (nSPS) is 28.5. The third-order valence-electron chi connectivity index (χ3n) is 5.35. The van der Waals surface area contributed by atoms with Crippen molar-refractivity contribution >= 4 is 21.7 Å². The van der Waals surface area contributed by atoms with Gasteiger partial charge in [-0.15, -0.1) is 0 Å². The highest BCUT2D eigenvalue weighted by atomic mass is 32.2. The summed E-state index contributed by atoms with van der Waals surface area (Å²) in [5, 5.41) is 2.85. The van der Waals surface area contributed by atoms with Crippen LogP contribution in [0.3, 0.4) is 0 Å². The number of aromatic nitrogens is 1. The molecule has 26 heavy (non-hydrogen) atoms. The van der Waals surface area contributed by atoms with Gasteiger partial charge in [-0.3, -0.25) is 4.79 Å². The molecule has 0 aromatic carbocycles. The maximum Gasteiger partial charge on any atom is 0.244 e. The lowest BCUT2D eigenvalue weighted by Crippen LogP contribution is -2.37. The molecule has 0 bridgehead atoms. The van der Waals surface area contributed by atoms with E-state index in [1.807, 2.05) is 0 Å². The standard InChI is InChI=1S/C17H22N4O4S/c1-2-16(22)19-17-13-10-21(11-14(13)17)26(23,24)12-3-4-15(18-9-12)20-5-7-25-8-6-20/h2-4,9,13-14,17H,1,5-8,10-11H2,(H,19,22). The molecule has 9 heteroatoms. The summed E-state index contributed by atoms with van der Waals surface area (Å²) in [5.74, 6) is 0.939. The first-order chi connectivity index (χ1) is 12.5. The van der Waals surface area contributed by atoms with Crippen LogP contribution in [0.5, 0.6) is 0 Å². The van der Waals surface area contributed by atoms with Crippen molar-refractivity contribution in [2.75, 3.05) is 44.3 Å². The topological polar surface area (TPSA) is 91.8 Å². The van der Waals surface area contributed by atoms with Crippen LogP contribution < -0.4 is 10.2 Å². The van der Waals surface area contributed by atoms with Gasteiger partial charge in [0.15, 0.2) is 0 Å². The number of fused-ring (bicyclic) bond motifs is 1. The van der Waals surface area contributed by atoms with E-state index in [1.54, 1.807) is 12.1 Å². The van der Waals surface area contributed by atoms with Crippen molar-refractivity contribution in [1.29, 1.82) is 0 Å². The van der Waals surface area contributed by atoms with Gasteiger partial charge in [-0.25, -0.2) is 13.4 Å². The zero-order valence-electron chi connectivity index (χ0n) is 14.4. The minimum Gasteiger partial charge on any atom is -0.378 e. The number of nitrogens with zero attached hydrogens (tertiary/aromatic N) is 3. The number of ether oxygens (including phenoxy) is 1. The van der Waals surface area contributed by atoms with E-state index in [1.165, 1.54) is 16.6 Å². The summed E-state index contributed by atoms with van der Waals surface area (Å²) in [4.78, 5) is 18.0. The van der Waals surface area contributed by atoms with Crippen LogP contribution in [-0.2, 0) is 19.6 Å². The lowest BCUT2D eigenvalue weighted by Gasteiger charge is -2.28. The lowest BCUT2D eigenvalue weighted by atomic mass is 10.4. The molecule has 3 aliphatic rings. The Bertz CT molecular complexity index is 793. The minimum atomic E-state index is -3.55. The van der Waals surface area contributed by atoms with Gasteiger partial charge in [0, 0.05) is 38.4 Å². The number of rotatable bonds is 5. The average Bonchev–Trinajstić information content (AvgIpc) is 3.10. The Morgan fingerprint density at radius 3 is 2.54 bits per heavy atom. The molecule has 3 heterocycles. The second-order valence-electron chi connectivity index (χ2n) is 6.84. The average molecular weight is 378 g/mol. The van der Waals surface area contributed by atoms with Gasteiger partial charge in [-0.05, 0) is 30.0 Å². The summed E-state index contributed by atoms with van der Waals surface area (Å²) >= 11 is 0. The Kier molecular flexibility index (Phi) is 4.45. The molecule has 1 aromatic rings. The Balaban J connectivity index is 1.40. The van der Waals surface area contributed by atoms with Gasteiger partial charge >= 0.3 is 0 Å². The number of hydrogen-bond donors (Lipinski definition) is 1. The molecule has 8 nitrogen and oxygen atoms in total. The second kappa shape index (κ2) is 6.64. The van der Waals surface area contributed by atoms with Crippen molar-refractivity contribution in [1.82, 2.24) is 14.6 Å². The molecule has 140 valence electrons. The number of pyridine rings is 1. The second-order valence-corrected chi connectivity index (χ2v) is 8.78. The van der Waals surface area contributed by atoms with E-state index in [-0.39, 0.29) is 28.7 Å². The van der Waals surface area contributed by atoms with Gasteiger partial charge in [-0.1, -0.05) is 6.58 Å². The van der Waals surface area contributed by atoms with Crippen LogP contribution in [0.1, 0.15) is 0 Å². The molecule has 2 atom stereocenters. The number of anilines is 1. The first-order valence-electron chi connectivity index (χ1n) is 8.72. The number of sulfonamides is 1. The molecular weight excluding hydrogens is 356 g/mol. The molecule has 2 aliphatic heterocycles. The minimum absolute atomic E-state index is 0.0637. The van der Waals surface area contributed by atoms with E-state index < -0.39 is 10.0 Å². The highest BCUT2D eigenvalue weighted by molar-refractivity contribution is 7.89. The van der Waals surface area contributed by atoms with Crippen molar-refractivity contribution < 1.29 is 17.9 Å². The monoisotopic (exact) mass is 378 g/mol. The predicted octanol–water partition coefficient (Wildman–Crippen LogP) is -0.161. The quantitative estimate of drug-likeness (QED) is 0.716. The Hall–Kier alpha value is -1.97. The van der Waals surface area contributed by atoms with E-state index in [9.17, 15) is 13.2 Å². The first kappa shape index (κ1) is 17.4. The summed E-state index contributed by atoms with van der Waals surface area (Å²) in [7, 11) is -3.55. The molecule has 3 fully saturated rings. The SMILES string of the molecule is C=CC(=O)NC1C2CN(S(=O)(=O)c3ccc(N4CCOCC4)nc3)CC21. The van der Waals surface area contributed by atoms with Gasteiger partial charge in [0.25, 0.3) is 0 Å². The van der Waals surface area contributed by atoms with E-state index in [4.69, 9.17) is 4.74 Å². The van der Waals surface area contributed by atoms with E-state index >= 15 is 0 Å². The van der Waals surface area contributed by atoms with Crippen LogP contribution in [0.2, 0.25) is 0 Å². The highest BCUT2D eigenvalue weighted by Gasteiger charge is 2.58. The number of piperidine rings is 1. The molecule has 1 aliphatic carbocycles.